The molecule has 0 radical (unpaired) electrons. The summed E-state index contributed by atoms with van der Waals surface area (Å²) in [5.41, 5.74) is 6.32. The quantitative estimate of drug-likeness (QED) is 0.210. The number of nitrogens with one attached hydrogen (secondary N) is 2. The van der Waals surface area contributed by atoms with Gasteiger partial charge in [-0.15, -0.1) is 0 Å². The molecule has 42 heavy (non-hydrogen) atoms. The highest BCUT2D eigenvalue weighted by atomic mass is 32.2. The number of nitrogens with zero attached hydrogens (tertiary/aromatic N) is 5. The lowest BCUT2D eigenvalue weighted by atomic mass is 9.94. The van der Waals surface area contributed by atoms with Crippen molar-refractivity contribution in [1.82, 2.24) is 29.8 Å². The molecule has 0 saturated carbocycles. The minimum Gasteiger partial charge on any atom is -0.324 e. The van der Waals surface area contributed by atoms with Gasteiger partial charge in [-0.05, 0) is 66.3 Å². The number of anilines is 2. The summed E-state index contributed by atoms with van der Waals surface area (Å²) in [5, 5.41) is 8.12. The van der Waals surface area contributed by atoms with Gasteiger partial charge in [-0.2, -0.15) is 16.7 Å². The molecule has 1 atom stereocenters. The Hall–Kier alpha value is -4.08. The van der Waals surface area contributed by atoms with Crippen molar-refractivity contribution in [3.8, 4) is 11.1 Å². The summed E-state index contributed by atoms with van der Waals surface area (Å²) >= 11 is 1.99. The van der Waals surface area contributed by atoms with Crippen molar-refractivity contribution in [3.63, 3.8) is 0 Å². The lowest BCUT2D eigenvalue weighted by molar-refractivity contribution is 0.621. The van der Waals surface area contributed by atoms with E-state index < -0.39 is 0 Å². The van der Waals surface area contributed by atoms with Crippen LogP contribution in [0.2, 0.25) is 0 Å². The van der Waals surface area contributed by atoms with E-state index in [1.807, 2.05) is 48.3 Å². The smallest absolute Gasteiger partial charge is 0.256 e. The van der Waals surface area contributed by atoms with Gasteiger partial charge in [0.15, 0.2) is 0 Å². The summed E-state index contributed by atoms with van der Waals surface area (Å²) in [6.45, 7) is 6.60. The van der Waals surface area contributed by atoms with Crippen molar-refractivity contribution in [2.75, 3.05) is 24.2 Å². The number of pyridine rings is 3. The summed E-state index contributed by atoms with van der Waals surface area (Å²) in [7, 11) is 0. The molecule has 5 heterocycles. The Kier molecular flexibility index (Phi) is 8.58. The van der Waals surface area contributed by atoms with Crippen LogP contribution < -0.4 is 16.2 Å². The van der Waals surface area contributed by atoms with Crippen LogP contribution in [0.15, 0.2) is 84.2 Å². The van der Waals surface area contributed by atoms with Crippen molar-refractivity contribution in [1.29, 1.82) is 0 Å². The fraction of sp³-hybridized carbons (Fsp3) is 0.303. The number of rotatable bonds is 9. The predicted molar refractivity (Wildman–Crippen MR) is 171 cm³/mol. The van der Waals surface area contributed by atoms with Crippen LogP contribution in [0.5, 0.6) is 0 Å². The number of hydrogen-bond acceptors (Lipinski definition) is 8. The minimum absolute atomic E-state index is 0.0323. The second-order valence-electron chi connectivity index (χ2n) is 10.5. The summed E-state index contributed by atoms with van der Waals surface area (Å²) in [6, 6.07) is 18.3. The largest absolute Gasteiger partial charge is 0.324 e. The molecule has 1 unspecified atom stereocenters. The van der Waals surface area contributed by atoms with Gasteiger partial charge in [-0.3, -0.25) is 19.3 Å². The van der Waals surface area contributed by atoms with Crippen LogP contribution >= 0.6 is 11.8 Å². The number of benzene rings is 1. The Bertz CT molecular complexity index is 1710. The predicted octanol–water partition coefficient (Wildman–Crippen LogP) is 6.32. The topological polar surface area (TPSA) is 97.6 Å². The van der Waals surface area contributed by atoms with Gasteiger partial charge in [0.2, 0.25) is 5.95 Å². The van der Waals surface area contributed by atoms with E-state index in [-0.39, 0.29) is 11.5 Å². The molecule has 9 heteroatoms. The van der Waals surface area contributed by atoms with E-state index in [1.54, 1.807) is 23.2 Å². The van der Waals surface area contributed by atoms with Gasteiger partial charge < -0.3 is 10.6 Å². The van der Waals surface area contributed by atoms with Gasteiger partial charge in [-0.1, -0.05) is 32.0 Å². The maximum absolute atomic E-state index is 14.1. The highest BCUT2D eigenvalue weighted by Gasteiger charge is 2.20. The molecule has 1 saturated heterocycles. The highest BCUT2D eigenvalue weighted by Crippen LogP contribution is 2.31. The molecule has 0 aliphatic carbocycles. The first kappa shape index (κ1) is 28.1. The molecule has 1 fully saturated rings. The normalized spacial score (nSPS) is 15.3. The van der Waals surface area contributed by atoms with E-state index in [0.29, 0.717) is 23.4 Å². The molecule has 1 aliphatic heterocycles. The molecular formula is C33H35N7OS. The monoisotopic (exact) mass is 577 g/mol. The average Bonchev–Trinajstić information content (AvgIpc) is 3.05. The Morgan fingerprint density at radius 3 is 2.60 bits per heavy atom. The Morgan fingerprint density at radius 2 is 1.86 bits per heavy atom. The zero-order valence-electron chi connectivity index (χ0n) is 24.0. The first-order chi connectivity index (χ1) is 20.6. The van der Waals surface area contributed by atoms with Crippen molar-refractivity contribution in [3.05, 3.63) is 107 Å². The highest BCUT2D eigenvalue weighted by molar-refractivity contribution is 7.99. The van der Waals surface area contributed by atoms with Crippen molar-refractivity contribution < 1.29 is 0 Å². The molecule has 214 valence electrons. The van der Waals surface area contributed by atoms with Gasteiger partial charge in [0.05, 0.1) is 12.2 Å². The fourth-order valence-corrected chi connectivity index (χ4v) is 6.74. The summed E-state index contributed by atoms with van der Waals surface area (Å²) in [6.07, 6.45) is 8.89. The molecule has 0 amide bonds. The third-order valence-electron chi connectivity index (χ3n) is 7.94. The SMILES string of the molecule is CCC(CC)c1cc2cnc(Nc3ccc(C4CNCCS4)cc3)nc2n(Cc2ncccc2-c2ccncc2)c1=O. The fourth-order valence-electron chi connectivity index (χ4n) is 5.61. The summed E-state index contributed by atoms with van der Waals surface area (Å²) in [4.78, 5) is 32.5. The summed E-state index contributed by atoms with van der Waals surface area (Å²) < 4.78 is 1.76. The van der Waals surface area contributed by atoms with Crippen LogP contribution in [0.1, 0.15) is 54.7 Å². The van der Waals surface area contributed by atoms with Crippen LogP contribution in [0, 0.1) is 0 Å². The van der Waals surface area contributed by atoms with Crippen LogP contribution in [-0.2, 0) is 6.54 Å². The molecule has 4 aromatic heterocycles. The number of aromatic nitrogens is 5. The van der Waals surface area contributed by atoms with E-state index in [1.165, 1.54) is 5.56 Å². The van der Waals surface area contributed by atoms with E-state index in [2.05, 4.69) is 58.7 Å². The van der Waals surface area contributed by atoms with E-state index >= 15 is 0 Å². The third kappa shape index (κ3) is 5.93. The summed E-state index contributed by atoms with van der Waals surface area (Å²) in [5.74, 6) is 1.73. The van der Waals surface area contributed by atoms with Crippen molar-refractivity contribution in [2.45, 2.75) is 44.4 Å². The number of fused-ring (bicyclic) bond motifs is 1. The van der Waals surface area contributed by atoms with Crippen LogP contribution in [0.4, 0.5) is 11.6 Å². The van der Waals surface area contributed by atoms with E-state index in [4.69, 9.17) is 9.97 Å². The molecule has 2 N–H and O–H groups in total. The van der Waals surface area contributed by atoms with Gasteiger partial charge >= 0.3 is 0 Å². The van der Waals surface area contributed by atoms with E-state index in [9.17, 15) is 4.79 Å². The Labute approximate surface area is 250 Å². The minimum atomic E-state index is -0.0323. The molecule has 6 rings (SSSR count). The van der Waals surface area contributed by atoms with Crippen molar-refractivity contribution in [2.24, 2.45) is 0 Å². The van der Waals surface area contributed by atoms with Gasteiger partial charge in [0.25, 0.3) is 5.56 Å². The lowest BCUT2D eigenvalue weighted by Crippen LogP contribution is -2.28. The van der Waals surface area contributed by atoms with E-state index in [0.717, 1.165) is 65.1 Å². The van der Waals surface area contributed by atoms with Gasteiger partial charge in [0, 0.05) is 71.1 Å². The Morgan fingerprint density at radius 1 is 1.05 bits per heavy atom. The molecule has 1 aliphatic rings. The molecule has 0 bridgehead atoms. The molecule has 1 aromatic carbocycles. The second kappa shape index (κ2) is 12.8. The zero-order valence-corrected chi connectivity index (χ0v) is 24.8. The average molecular weight is 578 g/mol. The number of thioether (sulfide) groups is 1. The molecule has 5 aromatic rings. The van der Waals surface area contributed by atoms with Crippen LogP contribution in [0.3, 0.4) is 0 Å². The molecule has 8 nitrogen and oxygen atoms in total. The molecule has 0 spiro atoms. The number of hydrogen-bond donors (Lipinski definition) is 2. The first-order valence-corrected chi connectivity index (χ1v) is 15.6. The maximum Gasteiger partial charge on any atom is 0.256 e. The zero-order chi connectivity index (χ0) is 28.9. The first-order valence-electron chi connectivity index (χ1n) is 14.6. The third-order valence-corrected chi connectivity index (χ3v) is 9.22. The van der Waals surface area contributed by atoms with Crippen molar-refractivity contribution >= 4 is 34.4 Å². The Balaban J connectivity index is 1.39. The van der Waals surface area contributed by atoms with Gasteiger partial charge in [-0.25, -0.2) is 4.98 Å². The molecular weight excluding hydrogens is 542 g/mol. The van der Waals surface area contributed by atoms with Crippen LogP contribution in [-0.4, -0.2) is 43.3 Å². The van der Waals surface area contributed by atoms with Gasteiger partial charge in [0.1, 0.15) is 5.65 Å². The maximum atomic E-state index is 14.1. The lowest BCUT2D eigenvalue weighted by Gasteiger charge is -2.22. The second-order valence-corrected chi connectivity index (χ2v) is 11.8. The standard InChI is InChI=1S/C33H35N7OS/c1-3-22(4-2)28-18-25-19-37-33(38-26-9-7-24(8-10-26)30-20-35-16-17-42-30)39-31(25)40(32(28)41)21-29-27(6-5-13-36-29)23-11-14-34-15-12-23/h5-15,18-19,22,30,35H,3-4,16-17,20-21H2,1-2H3,(H,37,38,39). The van der Waals surface area contributed by atoms with Crippen LogP contribution in [0.25, 0.3) is 22.2 Å².